The van der Waals surface area contributed by atoms with Crippen LogP contribution in [0, 0.1) is 11.8 Å². The first-order valence-electron chi connectivity index (χ1n) is 9.54. The summed E-state index contributed by atoms with van der Waals surface area (Å²) in [5.74, 6) is 5.28. The van der Waals surface area contributed by atoms with Gasteiger partial charge in [0.25, 0.3) is 0 Å². The number of hydrogen-bond donors (Lipinski definition) is 1. The van der Waals surface area contributed by atoms with Gasteiger partial charge >= 0.3 is 12.3 Å². The van der Waals surface area contributed by atoms with Gasteiger partial charge in [0, 0.05) is 24.2 Å². The smallest absolute Gasteiger partial charge is 0.493 e. The molecule has 0 spiro atoms. The molecular formula is C23H20F3NO4. The largest absolute Gasteiger partial charge is 0.573 e. The number of nitrogens with zero attached hydrogens (tertiary/aromatic N) is 1. The molecule has 0 bridgehead atoms. The van der Waals surface area contributed by atoms with Crippen LogP contribution in [0.3, 0.4) is 0 Å². The van der Waals surface area contributed by atoms with Crippen LogP contribution in [0.4, 0.5) is 13.2 Å². The number of fused-ring (bicyclic) bond motifs is 1. The Balaban J connectivity index is 1.50. The third-order valence-electron chi connectivity index (χ3n) is 4.50. The molecule has 0 radical (unpaired) electrons. The van der Waals surface area contributed by atoms with Gasteiger partial charge in [-0.3, -0.25) is 0 Å². The Bertz CT molecular complexity index is 1110. The molecule has 0 saturated carbocycles. The molecule has 1 unspecified atom stereocenters. The topological polar surface area (TPSA) is 60.7 Å². The highest BCUT2D eigenvalue weighted by Gasteiger charge is 2.30. The second-order valence-corrected chi connectivity index (χ2v) is 6.78. The lowest BCUT2D eigenvalue weighted by Crippen LogP contribution is -2.16. The number of unbranched alkanes of at least 4 members (excludes halogenated alkanes) is 1. The predicted octanol–water partition coefficient (Wildman–Crippen LogP) is 5.40. The van der Waals surface area contributed by atoms with Crippen molar-refractivity contribution in [2.45, 2.75) is 32.2 Å². The third kappa shape index (κ3) is 6.19. The summed E-state index contributed by atoms with van der Waals surface area (Å²) in [6.07, 6.45) is -1.76. The van der Waals surface area contributed by atoms with Crippen LogP contribution >= 0.6 is 0 Å². The molecule has 1 atom stereocenters. The molecular weight excluding hydrogens is 411 g/mol. The van der Waals surface area contributed by atoms with Gasteiger partial charge in [-0.25, -0.2) is 4.79 Å². The Morgan fingerprint density at radius 3 is 2.52 bits per heavy atom. The second kappa shape index (κ2) is 9.47. The van der Waals surface area contributed by atoms with E-state index < -0.39 is 18.4 Å². The summed E-state index contributed by atoms with van der Waals surface area (Å²) in [5.41, 5.74) is 1.37. The zero-order valence-corrected chi connectivity index (χ0v) is 16.6. The summed E-state index contributed by atoms with van der Waals surface area (Å²) in [7, 11) is 0. The first-order valence-corrected chi connectivity index (χ1v) is 9.54. The van der Waals surface area contributed by atoms with Gasteiger partial charge in [-0.2, -0.15) is 0 Å². The van der Waals surface area contributed by atoms with Crippen molar-refractivity contribution in [3.63, 3.8) is 0 Å². The minimum atomic E-state index is -4.71. The molecule has 0 amide bonds. The van der Waals surface area contributed by atoms with E-state index in [2.05, 4.69) is 16.6 Å². The number of carboxylic acids is 1. The number of alkyl halides is 3. The molecule has 8 heteroatoms. The fourth-order valence-corrected chi connectivity index (χ4v) is 2.93. The number of hydrogen-bond acceptors (Lipinski definition) is 3. The number of carboxylic acid groups (broad SMARTS) is 1. The van der Waals surface area contributed by atoms with Gasteiger partial charge in [0.05, 0.1) is 12.1 Å². The lowest BCUT2D eigenvalue weighted by Gasteiger charge is -2.11. The van der Waals surface area contributed by atoms with E-state index in [9.17, 15) is 23.1 Å². The zero-order chi connectivity index (χ0) is 22.4. The summed E-state index contributed by atoms with van der Waals surface area (Å²) >= 11 is 0. The molecule has 0 aliphatic heterocycles. The molecule has 3 rings (SSSR count). The van der Waals surface area contributed by atoms with Gasteiger partial charge in [0.1, 0.15) is 17.5 Å². The molecule has 0 fully saturated rings. The minimum Gasteiger partial charge on any atom is -0.493 e. The van der Waals surface area contributed by atoms with E-state index in [1.54, 1.807) is 17.7 Å². The Labute approximate surface area is 177 Å². The van der Waals surface area contributed by atoms with Crippen molar-refractivity contribution in [3.8, 4) is 23.3 Å². The number of carbonyl (C=O) groups is 1. The average Bonchev–Trinajstić information content (AvgIpc) is 3.13. The van der Waals surface area contributed by atoms with Gasteiger partial charge in [-0.05, 0) is 61.2 Å². The van der Waals surface area contributed by atoms with Crippen LogP contribution in [0.25, 0.3) is 10.9 Å². The summed E-state index contributed by atoms with van der Waals surface area (Å²) in [6.45, 7) is 2.04. The highest BCUT2D eigenvalue weighted by molar-refractivity contribution is 5.84. The molecule has 3 aromatic rings. The standard InChI is InChI=1S/C23H20F3NO4/c1-16(22(28)29)27-13-12-18-8-11-20(15-21(18)27)30-14-4-2-3-5-17-6-9-19(10-7-17)31-23(24,25)26/h6-13,15-16H,2,4,14H2,1H3,(H,28,29). The maximum absolute atomic E-state index is 12.1. The first kappa shape index (κ1) is 22.1. The van der Waals surface area contributed by atoms with Crippen molar-refractivity contribution in [2.75, 3.05) is 6.61 Å². The summed E-state index contributed by atoms with van der Waals surface area (Å²) in [6, 6.07) is 12.1. The monoisotopic (exact) mass is 431 g/mol. The summed E-state index contributed by atoms with van der Waals surface area (Å²) in [5, 5.41) is 10.2. The Hall–Kier alpha value is -3.60. The maximum Gasteiger partial charge on any atom is 0.573 e. The number of halogens is 3. The van der Waals surface area contributed by atoms with E-state index in [-0.39, 0.29) is 5.75 Å². The normalized spacial score (nSPS) is 12.1. The number of ether oxygens (including phenoxy) is 2. The van der Waals surface area contributed by atoms with E-state index >= 15 is 0 Å². The fourth-order valence-electron chi connectivity index (χ4n) is 2.93. The number of rotatable bonds is 7. The van der Waals surface area contributed by atoms with E-state index in [1.165, 1.54) is 24.3 Å². The van der Waals surface area contributed by atoms with Crippen molar-refractivity contribution in [1.82, 2.24) is 4.57 Å². The average molecular weight is 431 g/mol. The van der Waals surface area contributed by atoms with Crippen molar-refractivity contribution >= 4 is 16.9 Å². The Morgan fingerprint density at radius 1 is 1.13 bits per heavy atom. The van der Waals surface area contributed by atoms with Crippen LogP contribution in [0.5, 0.6) is 11.5 Å². The number of aliphatic carboxylic acids is 1. The van der Waals surface area contributed by atoms with Crippen molar-refractivity contribution in [3.05, 3.63) is 60.3 Å². The minimum absolute atomic E-state index is 0.285. The van der Waals surface area contributed by atoms with E-state index in [4.69, 9.17) is 4.74 Å². The lowest BCUT2D eigenvalue weighted by molar-refractivity contribution is -0.274. The number of aromatic nitrogens is 1. The van der Waals surface area contributed by atoms with E-state index in [0.717, 1.165) is 10.9 Å². The Morgan fingerprint density at radius 2 is 1.84 bits per heavy atom. The molecule has 1 aromatic heterocycles. The molecule has 1 N–H and O–H groups in total. The molecule has 0 aliphatic carbocycles. The predicted molar refractivity (Wildman–Crippen MR) is 109 cm³/mol. The van der Waals surface area contributed by atoms with Crippen LogP contribution in [0.15, 0.2) is 54.7 Å². The van der Waals surface area contributed by atoms with Gasteiger partial charge in [0.2, 0.25) is 0 Å². The molecule has 5 nitrogen and oxygen atoms in total. The lowest BCUT2D eigenvalue weighted by atomic mass is 10.2. The SMILES string of the molecule is CC(C(=O)O)n1ccc2ccc(OCCCC#Cc3ccc(OC(F)(F)F)cc3)cc21. The molecule has 31 heavy (non-hydrogen) atoms. The number of benzene rings is 2. The van der Waals surface area contributed by atoms with Gasteiger partial charge in [0.15, 0.2) is 0 Å². The van der Waals surface area contributed by atoms with Crippen LogP contribution in [0.1, 0.15) is 31.4 Å². The maximum atomic E-state index is 12.1. The zero-order valence-electron chi connectivity index (χ0n) is 16.6. The second-order valence-electron chi connectivity index (χ2n) is 6.78. The van der Waals surface area contributed by atoms with Gasteiger partial charge in [-0.1, -0.05) is 11.8 Å². The highest BCUT2D eigenvalue weighted by atomic mass is 19.4. The summed E-state index contributed by atoms with van der Waals surface area (Å²) in [4.78, 5) is 11.3. The van der Waals surface area contributed by atoms with Crippen molar-refractivity contribution in [1.29, 1.82) is 0 Å². The highest BCUT2D eigenvalue weighted by Crippen LogP contribution is 2.25. The van der Waals surface area contributed by atoms with E-state index in [1.807, 2.05) is 24.3 Å². The Kier molecular flexibility index (Phi) is 6.75. The quantitative estimate of drug-likeness (QED) is 0.402. The first-order chi connectivity index (χ1) is 14.7. The van der Waals surface area contributed by atoms with Crippen LogP contribution in [-0.2, 0) is 4.79 Å². The molecule has 162 valence electrons. The molecule has 2 aromatic carbocycles. The molecule has 1 heterocycles. The van der Waals surface area contributed by atoms with Crippen molar-refractivity contribution < 1.29 is 32.5 Å². The van der Waals surface area contributed by atoms with Gasteiger partial charge in [-0.15, -0.1) is 13.2 Å². The van der Waals surface area contributed by atoms with Crippen LogP contribution < -0.4 is 9.47 Å². The van der Waals surface area contributed by atoms with Gasteiger partial charge < -0.3 is 19.1 Å². The fraction of sp³-hybridized carbons (Fsp3) is 0.261. The third-order valence-corrected chi connectivity index (χ3v) is 4.50. The van der Waals surface area contributed by atoms with Crippen LogP contribution in [0.2, 0.25) is 0 Å². The van der Waals surface area contributed by atoms with Crippen LogP contribution in [-0.4, -0.2) is 28.6 Å². The van der Waals surface area contributed by atoms with E-state index in [0.29, 0.717) is 30.8 Å². The van der Waals surface area contributed by atoms with Crippen molar-refractivity contribution in [2.24, 2.45) is 0 Å². The molecule has 0 aliphatic rings. The summed E-state index contributed by atoms with van der Waals surface area (Å²) < 4.78 is 47.7. The molecule has 0 saturated heterocycles.